The van der Waals surface area contributed by atoms with E-state index in [1.54, 1.807) is 7.11 Å². The summed E-state index contributed by atoms with van der Waals surface area (Å²) in [6.45, 7) is 1.68. The van der Waals surface area contributed by atoms with Crippen molar-refractivity contribution in [1.82, 2.24) is 5.32 Å². The van der Waals surface area contributed by atoms with E-state index in [-0.39, 0.29) is 12.5 Å². The fourth-order valence-electron chi connectivity index (χ4n) is 1.76. The number of amides is 1. The number of hydrogen-bond donors (Lipinski definition) is 2. The number of nitrogens with one attached hydrogen (secondary N) is 1. The zero-order valence-corrected chi connectivity index (χ0v) is 10.2. The van der Waals surface area contributed by atoms with Gasteiger partial charge in [0.1, 0.15) is 13.2 Å². The topological polar surface area (TPSA) is 82.8 Å². The highest BCUT2D eigenvalue weighted by Crippen LogP contribution is 2.40. The Morgan fingerprint density at radius 2 is 2.22 bits per heavy atom. The minimum Gasteiger partial charge on any atom is -0.493 e. The summed E-state index contributed by atoms with van der Waals surface area (Å²) >= 11 is 0. The van der Waals surface area contributed by atoms with Gasteiger partial charge >= 0.3 is 0 Å². The highest BCUT2D eigenvalue weighted by molar-refractivity contribution is 5.75. The third-order valence-electron chi connectivity index (χ3n) is 2.52. The lowest BCUT2D eigenvalue weighted by atomic mass is 10.1. The summed E-state index contributed by atoms with van der Waals surface area (Å²) in [7, 11) is 1.58. The van der Waals surface area contributed by atoms with Gasteiger partial charge in [-0.25, -0.2) is 0 Å². The summed E-state index contributed by atoms with van der Waals surface area (Å²) in [5.74, 6) is 1.53. The van der Waals surface area contributed by atoms with Crippen molar-refractivity contribution in [2.45, 2.75) is 6.54 Å². The van der Waals surface area contributed by atoms with Crippen molar-refractivity contribution in [3.63, 3.8) is 0 Å². The van der Waals surface area contributed by atoms with E-state index >= 15 is 0 Å². The number of ether oxygens (including phenoxy) is 3. The third kappa shape index (κ3) is 2.84. The molecule has 0 aromatic heterocycles. The second-order valence-electron chi connectivity index (χ2n) is 3.89. The average Bonchev–Trinajstić information content (AvgIpc) is 2.37. The number of carbonyl (C=O) groups is 1. The maximum absolute atomic E-state index is 10.6. The molecule has 1 aromatic carbocycles. The van der Waals surface area contributed by atoms with Crippen LogP contribution in [0, 0.1) is 0 Å². The zero-order valence-electron chi connectivity index (χ0n) is 10.2. The summed E-state index contributed by atoms with van der Waals surface area (Å²) in [4.78, 5) is 10.6. The molecule has 0 spiro atoms. The van der Waals surface area contributed by atoms with Gasteiger partial charge in [-0.3, -0.25) is 4.79 Å². The lowest BCUT2D eigenvalue weighted by Crippen LogP contribution is -2.28. The molecule has 6 nitrogen and oxygen atoms in total. The second kappa shape index (κ2) is 5.59. The van der Waals surface area contributed by atoms with Gasteiger partial charge in [-0.2, -0.15) is 0 Å². The fraction of sp³-hybridized carbons (Fsp3) is 0.417. The molecule has 3 N–H and O–H groups in total. The molecule has 1 aliphatic rings. The molecule has 1 aromatic rings. The van der Waals surface area contributed by atoms with Gasteiger partial charge in [0, 0.05) is 6.54 Å². The van der Waals surface area contributed by atoms with Gasteiger partial charge in [0.25, 0.3) is 0 Å². The van der Waals surface area contributed by atoms with Crippen LogP contribution in [0.3, 0.4) is 0 Å². The molecular weight excluding hydrogens is 236 g/mol. The van der Waals surface area contributed by atoms with Crippen molar-refractivity contribution in [3.8, 4) is 17.2 Å². The molecule has 0 saturated heterocycles. The number of benzene rings is 1. The number of fused-ring (bicyclic) bond motifs is 1. The molecular formula is C12H16N2O4. The van der Waals surface area contributed by atoms with E-state index in [1.807, 2.05) is 12.1 Å². The standard InChI is InChI=1S/C12H16N2O4/c1-16-9-4-8(6-14-7-11(13)15)5-10-12(9)18-3-2-17-10/h4-5,14H,2-3,6-7H2,1H3,(H2,13,15). The predicted molar refractivity (Wildman–Crippen MR) is 64.9 cm³/mol. The van der Waals surface area contributed by atoms with Gasteiger partial charge in [0.05, 0.1) is 13.7 Å². The first-order valence-corrected chi connectivity index (χ1v) is 5.66. The molecule has 18 heavy (non-hydrogen) atoms. The molecule has 6 heteroatoms. The average molecular weight is 252 g/mol. The number of methoxy groups -OCH3 is 1. The molecule has 0 fully saturated rings. The van der Waals surface area contributed by atoms with E-state index in [2.05, 4.69) is 5.32 Å². The molecule has 2 rings (SSSR count). The van der Waals surface area contributed by atoms with Crippen molar-refractivity contribution in [3.05, 3.63) is 17.7 Å². The first kappa shape index (κ1) is 12.5. The monoisotopic (exact) mass is 252 g/mol. The van der Waals surface area contributed by atoms with Gasteiger partial charge in [-0.1, -0.05) is 0 Å². The third-order valence-corrected chi connectivity index (χ3v) is 2.52. The van der Waals surface area contributed by atoms with Crippen LogP contribution < -0.4 is 25.3 Å². The first-order chi connectivity index (χ1) is 8.70. The molecule has 0 bridgehead atoms. The van der Waals surface area contributed by atoms with Crippen LogP contribution in [0.25, 0.3) is 0 Å². The van der Waals surface area contributed by atoms with Crippen molar-refractivity contribution in [1.29, 1.82) is 0 Å². The van der Waals surface area contributed by atoms with Crippen molar-refractivity contribution in [2.75, 3.05) is 26.9 Å². The van der Waals surface area contributed by atoms with Crippen molar-refractivity contribution < 1.29 is 19.0 Å². The van der Waals surface area contributed by atoms with E-state index in [1.165, 1.54) is 0 Å². The molecule has 0 unspecified atom stereocenters. The first-order valence-electron chi connectivity index (χ1n) is 5.66. The van der Waals surface area contributed by atoms with E-state index in [0.717, 1.165) is 5.56 Å². The number of primary amides is 1. The van der Waals surface area contributed by atoms with Crippen molar-refractivity contribution >= 4 is 5.91 Å². The van der Waals surface area contributed by atoms with Gasteiger partial charge in [-0.15, -0.1) is 0 Å². The van der Waals surface area contributed by atoms with Crippen molar-refractivity contribution in [2.24, 2.45) is 5.73 Å². The predicted octanol–water partition coefficient (Wildman–Crippen LogP) is 0.0413. The molecule has 98 valence electrons. The van der Waals surface area contributed by atoms with Crippen LogP contribution in [0.5, 0.6) is 17.2 Å². The molecule has 0 atom stereocenters. The Balaban J connectivity index is 2.13. The van der Waals surface area contributed by atoms with E-state index in [4.69, 9.17) is 19.9 Å². The van der Waals surface area contributed by atoms with E-state index < -0.39 is 0 Å². The second-order valence-corrected chi connectivity index (χ2v) is 3.89. The Morgan fingerprint density at radius 1 is 1.44 bits per heavy atom. The van der Waals surface area contributed by atoms with Crippen LogP contribution in [0.15, 0.2) is 12.1 Å². The number of nitrogens with two attached hydrogens (primary N) is 1. The maximum Gasteiger partial charge on any atom is 0.231 e. The Hall–Kier alpha value is -1.95. The Morgan fingerprint density at radius 3 is 2.94 bits per heavy atom. The highest BCUT2D eigenvalue weighted by Gasteiger charge is 2.18. The smallest absolute Gasteiger partial charge is 0.231 e. The van der Waals surface area contributed by atoms with E-state index in [9.17, 15) is 4.79 Å². The number of rotatable bonds is 5. The Kier molecular flexibility index (Phi) is 3.88. The summed E-state index contributed by atoms with van der Waals surface area (Å²) in [5, 5.41) is 2.93. The number of hydrogen-bond acceptors (Lipinski definition) is 5. The van der Waals surface area contributed by atoms with Crippen LogP contribution in [0.1, 0.15) is 5.56 Å². The van der Waals surface area contributed by atoms with Gasteiger partial charge in [-0.05, 0) is 17.7 Å². The molecule has 1 heterocycles. The van der Waals surface area contributed by atoms with Crippen LogP contribution in [0.4, 0.5) is 0 Å². The van der Waals surface area contributed by atoms with Gasteiger partial charge < -0.3 is 25.3 Å². The molecule has 0 saturated carbocycles. The zero-order chi connectivity index (χ0) is 13.0. The maximum atomic E-state index is 10.6. The summed E-state index contributed by atoms with van der Waals surface area (Å²) in [5.41, 5.74) is 5.99. The van der Waals surface area contributed by atoms with Gasteiger partial charge in [0.2, 0.25) is 11.7 Å². The molecule has 1 aliphatic heterocycles. The largest absolute Gasteiger partial charge is 0.493 e. The lowest BCUT2D eigenvalue weighted by Gasteiger charge is -2.21. The van der Waals surface area contributed by atoms with Crippen LogP contribution in [-0.4, -0.2) is 32.8 Å². The highest BCUT2D eigenvalue weighted by atomic mass is 16.6. The SMILES string of the molecule is COc1cc(CNCC(N)=O)cc2c1OCCO2. The van der Waals surface area contributed by atoms with Crippen LogP contribution in [-0.2, 0) is 11.3 Å². The lowest BCUT2D eigenvalue weighted by molar-refractivity contribution is -0.117. The normalized spacial score (nSPS) is 13.2. The Labute approximate surface area is 105 Å². The summed E-state index contributed by atoms with van der Waals surface area (Å²) in [6.07, 6.45) is 0. The summed E-state index contributed by atoms with van der Waals surface area (Å²) in [6, 6.07) is 3.71. The fourth-order valence-corrected chi connectivity index (χ4v) is 1.76. The Bertz CT molecular complexity index is 431. The minimum atomic E-state index is -0.389. The van der Waals surface area contributed by atoms with Gasteiger partial charge in [0.15, 0.2) is 11.5 Å². The van der Waals surface area contributed by atoms with Crippen LogP contribution in [0.2, 0.25) is 0 Å². The molecule has 0 radical (unpaired) electrons. The molecule has 1 amide bonds. The summed E-state index contributed by atoms with van der Waals surface area (Å²) < 4.78 is 16.3. The van der Waals surface area contributed by atoms with Crippen LogP contribution >= 0.6 is 0 Å². The molecule has 0 aliphatic carbocycles. The quantitative estimate of drug-likeness (QED) is 0.773. The minimum absolute atomic E-state index is 0.136. The number of carbonyl (C=O) groups excluding carboxylic acids is 1. The van der Waals surface area contributed by atoms with E-state index in [0.29, 0.717) is 37.0 Å².